The SMILES string of the molecule is C=C/C(Br)=C(Cl)\C=C/CNC(=O)N1CCC(C(O)CN2CCC3(CCc4ccccc43)CC2)CC1. The van der Waals surface area contributed by atoms with Crippen molar-refractivity contribution < 1.29 is 9.90 Å². The van der Waals surface area contributed by atoms with Gasteiger partial charge in [0, 0.05) is 30.7 Å². The van der Waals surface area contributed by atoms with E-state index in [-0.39, 0.29) is 18.1 Å². The Labute approximate surface area is 223 Å². The lowest BCUT2D eigenvalue weighted by atomic mass is 9.73. The number of aryl methyl sites for hydroxylation is 1. The summed E-state index contributed by atoms with van der Waals surface area (Å²) < 4.78 is 0.718. The van der Waals surface area contributed by atoms with Crippen molar-refractivity contribution in [2.45, 2.75) is 50.0 Å². The first kappa shape index (κ1) is 26.5. The highest BCUT2D eigenvalue weighted by atomic mass is 79.9. The van der Waals surface area contributed by atoms with Gasteiger partial charge < -0.3 is 20.2 Å². The normalized spacial score (nSPS) is 22.2. The number of halogens is 2. The minimum atomic E-state index is -0.328. The van der Waals surface area contributed by atoms with Crippen LogP contribution in [-0.2, 0) is 11.8 Å². The molecular formula is C28H37BrClN3O2. The molecule has 5 nitrogen and oxygen atoms in total. The molecule has 2 heterocycles. The molecule has 0 radical (unpaired) electrons. The molecule has 3 aliphatic rings. The summed E-state index contributed by atoms with van der Waals surface area (Å²) in [7, 11) is 0. The van der Waals surface area contributed by atoms with Crippen LogP contribution in [-0.4, -0.2) is 66.3 Å². The smallest absolute Gasteiger partial charge is 0.317 e. The fourth-order valence-electron chi connectivity index (χ4n) is 5.95. The number of aliphatic hydroxyl groups is 1. The van der Waals surface area contributed by atoms with Crippen LogP contribution in [0.3, 0.4) is 0 Å². The number of allylic oxidation sites excluding steroid dienone is 4. The van der Waals surface area contributed by atoms with Gasteiger partial charge in [-0.2, -0.15) is 0 Å². The molecule has 2 aliphatic heterocycles. The number of urea groups is 1. The maximum atomic E-state index is 12.5. The molecule has 0 bridgehead atoms. The van der Waals surface area contributed by atoms with Crippen LogP contribution in [0.15, 0.2) is 58.6 Å². The third-order valence-electron chi connectivity index (χ3n) is 8.13. The second-order valence-electron chi connectivity index (χ2n) is 10.1. The summed E-state index contributed by atoms with van der Waals surface area (Å²) in [6, 6.07) is 8.90. The lowest BCUT2D eigenvalue weighted by Crippen LogP contribution is -2.49. The molecule has 2 N–H and O–H groups in total. The Morgan fingerprint density at radius 1 is 1.23 bits per heavy atom. The Hall–Kier alpha value is -1.60. The molecule has 1 unspecified atom stereocenters. The van der Waals surface area contributed by atoms with E-state index >= 15 is 0 Å². The molecule has 190 valence electrons. The van der Waals surface area contributed by atoms with E-state index in [2.05, 4.69) is 57.0 Å². The molecule has 1 aromatic rings. The summed E-state index contributed by atoms with van der Waals surface area (Å²) in [5.74, 6) is 0.252. The zero-order valence-electron chi connectivity index (χ0n) is 20.4. The summed E-state index contributed by atoms with van der Waals surface area (Å²) >= 11 is 9.40. The first-order chi connectivity index (χ1) is 16.9. The van der Waals surface area contributed by atoms with E-state index < -0.39 is 0 Å². The number of amides is 2. The molecule has 2 saturated heterocycles. The van der Waals surface area contributed by atoms with Crippen LogP contribution in [0.2, 0.25) is 0 Å². The van der Waals surface area contributed by atoms with Crippen LogP contribution < -0.4 is 5.32 Å². The minimum Gasteiger partial charge on any atom is -0.392 e. The van der Waals surface area contributed by atoms with Crippen LogP contribution in [0.25, 0.3) is 0 Å². The van der Waals surface area contributed by atoms with E-state index in [1.807, 2.05) is 11.0 Å². The van der Waals surface area contributed by atoms with E-state index in [9.17, 15) is 9.90 Å². The van der Waals surface area contributed by atoms with Gasteiger partial charge >= 0.3 is 6.03 Å². The number of rotatable bonds is 7. The Balaban J connectivity index is 1.17. The average molecular weight is 563 g/mol. The fourth-order valence-corrected chi connectivity index (χ4v) is 6.24. The molecule has 1 aromatic carbocycles. The quantitative estimate of drug-likeness (QED) is 0.441. The van der Waals surface area contributed by atoms with Gasteiger partial charge in [0.15, 0.2) is 0 Å². The van der Waals surface area contributed by atoms with E-state index in [1.54, 1.807) is 17.7 Å². The summed E-state index contributed by atoms with van der Waals surface area (Å²) in [5.41, 5.74) is 3.47. The molecule has 2 amide bonds. The van der Waals surface area contributed by atoms with Crippen LogP contribution in [0, 0.1) is 5.92 Å². The van der Waals surface area contributed by atoms with Gasteiger partial charge in [0.05, 0.1) is 11.1 Å². The van der Waals surface area contributed by atoms with Gasteiger partial charge in [-0.3, -0.25) is 0 Å². The lowest BCUT2D eigenvalue weighted by molar-refractivity contribution is 0.0248. The first-order valence-electron chi connectivity index (χ1n) is 12.8. The standard InChI is InChI=1S/C28H37BrClN3O2/c1-2-24(29)25(30)8-5-15-31-27(35)33-16-10-22(11-17-33)26(34)20-32-18-13-28(14-19-32)12-9-21-6-3-4-7-23(21)28/h2-8,22,26,34H,1,9-20H2,(H,31,35)/b8-5-,25-24-. The number of hydrogen-bond donors (Lipinski definition) is 2. The number of carbonyl (C=O) groups excluding carboxylic acids is 1. The zero-order chi connectivity index (χ0) is 24.8. The van der Waals surface area contributed by atoms with Gasteiger partial charge in [0.2, 0.25) is 0 Å². The highest BCUT2D eigenvalue weighted by Crippen LogP contribution is 2.46. The topological polar surface area (TPSA) is 55.8 Å². The van der Waals surface area contributed by atoms with Crippen molar-refractivity contribution in [2.75, 3.05) is 39.3 Å². The number of piperidine rings is 2. The van der Waals surface area contributed by atoms with E-state index in [0.717, 1.165) is 37.0 Å². The fraction of sp³-hybridized carbons (Fsp3) is 0.536. The molecule has 1 spiro atoms. The Kier molecular flexibility index (Phi) is 9.14. The van der Waals surface area contributed by atoms with Gasteiger partial charge in [-0.15, -0.1) is 0 Å². The maximum absolute atomic E-state index is 12.5. The van der Waals surface area contributed by atoms with E-state index in [1.165, 1.54) is 31.2 Å². The second kappa shape index (κ2) is 12.1. The molecular weight excluding hydrogens is 526 g/mol. The summed E-state index contributed by atoms with van der Waals surface area (Å²) in [6.07, 6.45) is 11.4. The average Bonchev–Trinajstić information content (AvgIpc) is 3.25. The van der Waals surface area contributed by atoms with Crippen molar-refractivity contribution in [3.63, 3.8) is 0 Å². The molecule has 35 heavy (non-hydrogen) atoms. The number of likely N-dealkylation sites (tertiary alicyclic amines) is 2. The van der Waals surface area contributed by atoms with Crippen LogP contribution in [0.5, 0.6) is 0 Å². The van der Waals surface area contributed by atoms with Crippen molar-refractivity contribution >= 4 is 33.6 Å². The highest BCUT2D eigenvalue weighted by molar-refractivity contribution is 9.12. The molecule has 1 aliphatic carbocycles. The Morgan fingerprint density at radius 3 is 2.66 bits per heavy atom. The third-order valence-corrected chi connectivity index (χ3v) is 9.44. The number of benzene rings is 1. The van der Waals surface area contributed by atoms with E-state index in [4.69, 9.17) is 11.6 Å². The number of β-amino-alcohol motifs (C(OH)–C–C–N with tert-alkyl or cyclic N) is 1. The largest absolute Gasteiger partial charge is 0.392 e. The monoisotopic (exact) mass is 561 g/mol. The number of hydrogen-bond acceptors (Lipinski definition) is 3. The van der Waals surface area contributed by atoms with Crippen molar-refractivity contribution in [1.82, 2.24) is 15.1 Å². The van der Waals surface area contributed by atoms with Gasteiger partial charge in [0.25, 0.3) is 0 Å². The summed E-state index contributed by atoms with van der Waals surface area (Å²) in [6.45, 7) is 8.29. The van der Waals surface area contributed by atoms with Crippen molar-refractivity contribution in [3.8, 4) is 0 Å². The predicted molar refractivity (Wildman–Crippen MR) is 147 cm³/mol. The predicted octanol–water partition coefficient (Wildman–Crippen LogP) is 5.34. The lowest BCUT2D eigenvalue weighted by Gasteiger charge is -2.42. The van der Waals surface area contributed by atoms with Crippen LogP contribution in [0.1, 0.15) is 43.2 Å². The summed E-state index contributed by atoms with van der Waals surface area (Å²) in [5, 5.41) is 14.4. The highest BCUT2D eigenvalue weighted by Gasteiger charge is 2.41. The molecule has 4 rings (SSSR count). The Morgan fingerprint density at radius 2 is 1.94 bits per heavy atom. The van der Waals surface area contributed by atoms with Gasteiger partial charge in [-0.1, -0.05) is 54.6 Å². The second-order valence-corrected chi connectivity index (χ2v) is 11.4. The number of nitrogens with zero attached hydrogens (tertiary/aromatic N) is 2. The van der Waals surface area contributed by atoms with Gasteiger partial charge in [0.1, 0.15) is 0 Å². The van der Waals surface area contributed by atoms with Crippen molar-refractivity contribution in [3.05, 3.63) is 69.7 Å². The molecule has 1 atom stereocenters. The number of carbonyl (C=O) groups is 1. The Bertz CT molecular complexity index is 963. The number of nitrogens with one attached hydrogen (secondary N) is 1. The van der Waals surface area contributed by atoms with Gasteiger partial charge in [-0.25, -0.2) is 4.79 Å². The number of fused-ring (bicyclic) bond motifs is 2. The minimum absolute atomic E-state index is 0.0661. The first-order valence-corrected chi connectivity index (χ1v) is 13.9. The maximum Gasteiger partial charge on any atom is 0.317 e. The molecule has 0 saturated carbocycles. The van der Waals surface area contributed by atoms with Gasteiger partial charge in [-0.05, 0) is 96.1 Å². The molecule has 2 fully saturated rings. The molecule has 0 aromatic heterocycles. The zero-order valence-corrected chi connectivity index (χ0v) is 22.7. The number of aliphatic hydroxyl groups excluding tert-OH is 1. The molecule has 7 heteroatoms. The van der Waals surface area contributed by atoms with Crippen LogP contribution >= 0.6 is 27.5 Å². The van der Waals surface area contributed by atoms with E-state index in [0.29, 0.717) is 30.1 Å². The third kappa shape index (κ3) is 6.40. The van der Waals surface area contributed by atoms with Crippen molar-refractivity contribution in [1.29, 1.82) is 0 Å². The van der Waals surface area contributed by atoms with Crippen molar-refractivity contribution in [2.24, 2.45) is 5.92 Å². The summed E-state index contributed by atoms with van der Waals surface area (Å²) in [4.78, 5) is 16.8. The van der Waals surface area contributed by atoms with Crippen LogP contribution in [0.4, 0.5) is 4.79 Å².